The van der Waals surface area contributed by atoms with Crippen LogP contribution in [0.1, 0.15) is 26.7 Å². The maximum absolute atomic E-state index is 11.9. The first-order chi connectivity index (χ1) is 7.11. The number of nitrogens with zero attached hydrogens (tertiary/aromatic N) is 1. The summed E-state index contributed by atoms with van der Waals surface area (Å²) in [5.74, 6) is -0.0387. The second-order valence-electron chi connectivity index (χ2n) is 3.28. The average molecular weight is 377 g/mol. The number of imide groups is 1. The van der Waals surface area contributed by atoms with E-state index in [0.717, 1.165) is 6.42 Å². The van der Waals surface area contributed by atoms with E-state index in [1.54, 1.807) is 17.8 Å². The first kappa shape index (κ1) is 14.0. The fourth-order valence-corrected chi connectivity index (χ4v) is 6.17. The fourth-order valence-electron chi connectivity index (χ4n) is 1.41. The molecule has 0 spiro atoms. The van der Waals surface area contributed by atoms with Crippen LogP contribution >= 0.6 is 49.8 Å². The van der Waals surface area contributed by atoms with Crippen molar-refractivity contribution in [3.63, 3.8) is 0 Å². The van der Waals surface area contributed by atoms with Crippen molar-refractivity contribution in [2.24, 2.45) is 0 Å². The van der Waals surface area contributed by atoms with Gasteiger partial charge in [-0.2, -0.15) is 0 Å². The zero-order valence-corrected chi connectivity index (χ0v) is 13.0. The van der Waals surface area contributed by atoms with E-state index in [1.165, 1.54) is 15.7 Å². The predicted octanol–water partition coefficient (Wildman–Crippen LogP) is 3.29. The van der Waals surface area contributed by atoms with E-state index < -0.39 is 0 Å². The minimum Gasteiger partial charge on any atom is -0.279 e. The van der Waals surface area contributed by atoms with Gasteiger partial charge in [0.05, 0.1) is 0 Å². The number of hydrogen-bond acceptors (Lipinski definition) is 5. The lowest BCUT2D eigenvalue weighted by atomic mass is 10.2. The lowest BCUT2D eigenvalue weighted by Gasteiger charge is -2.21. The topological polar surface area (TPSA) is 37.4 Å². The van der Waals surface area contributed by atoms with Crippen molar-refractivity contribution in [2.75, 3.05) is 0 Å². The second kappa shape index (κ2) is 6.61. The maximum atomic E-state index is 11.9. The molecule has 0 aromatic rings. The fraction of sp³-hybridized carbons (Fsp3) is 0.750. The molecule has 1 fully saturated rings. The third-order valence-electron chi connectivity index (χ3n) is 2.35. The Kier molecular flexibility index (Phi) is 6.16. The highest BCUT2D eigenvalue weighted by atomic mass is 127. The van der Waals surface area contributed by atoms with Crippen LogP contribution in [0.15, 0.2) is 0 Å². The molecule has 2 unspecified atom stereocenters. The summed E-state index contributed by atoms with van der Waals surface area (Å²) in [6.45, 7) is 3.91. The first-order valence-corrected chi connectivity index (χ1v) is 10.7. The van der Waals surface area contributed by atoms with Crippen LogP contribution in [0.4, 0.5) is 0 Å². The minimum absolute atomic E-state index is 0.0164. The van der Waals surface area contributed by atoms with Gasteiger partial charge in [0, 0.05) is 33.7 Å². The highest BCUT2D eigenvalue weighted by Gasteiger charge is 2.41. The molecule has 1 saturated heterocycles. The van der Waals surface area contributed by atoms with Gasteiger partial charge in [0.2, 0.25) is 11.8 Å². The molecule has 3 nitrogen and oxygen atoms in total. The lowest BCUT2D eigenvalue weighted by Crippen LogP contribution is -2.38. The zero-order chi connectivity index (χ0) is 11.4. The normalized spacial score (nSPS) is 23.7. The molecule has 7 heteroatoms. The van der Waals surface area contributed by atoms with Crippen LogP contribution in [-0.2, 0) is 9.59 Å². The number of amides is 2. The Morgan fingerprint density at radius 2 is 2.27 bits per heavy atom. The van der Waals surface area contributed by atoms with Gasteiger partial charge in [0.25, 0.3) is 0 Å². The summed E-state index contributed by atoms with van der Waals surface area (Å²) in [5.41, 5.74) is 0. The summed E-state index contributed by atoms with van der Waals surface area (Å²) in [6, 6.07) is 0.0351. The number of halogens is 1. The molecular formula is C8H12INO2S3. The number of carbonyl (C=O) groups is 2. The Morgan fingerprint density at radius 1 is 1.60 bits per heavy atom. The SMILES string of the molecule is CCC(C)N1C(=O)CC(SSSI)C1=O. The van der Waals surface area contributed by atoms with Crippen LogP contribution in [-0.4, -0.2) is 28.0 Å². The van der Waals surface area contributed by atoms with E-state index in [-0.39, 0.29) is 23.1 Å². The van der Waals surface area contributed by atoms with E-state index in [4.69, 9.17) is 0 Å². The molecule has 2 amide bonds. The van der Waals surface area contributed by atoms with Crippen molar-refractivity contribution in [2.45, 2.75) is 38.0 Å². The molecule has 0 bridgehead atoms. The van der Waals surface area contributed by atoms with Crippen molar-refractivity contribution in [3.05, 3.63) is 0 Å². The highest BCUT2D eigenvalue weighted by Crippen LogP contribution is 2.44. The molecule has 0 aromatic carbocycles. The van der Waals surface area contributed by atoms with E-state index >= 15 is 0 Å². The molecular weight excluding hydrogens is 365 g/mol. The molecule has 1 aliphatic rings. The Bertz CT molecular complexity index is 264. The lowest BCUT2D eigenvalue weighted by molar-refractivity contribution is -0.140. The first-order valence-electron chi connectivity index (χ1n) is 4.58. The summed E-state index contributed by atoms with van der Waals surface area (Å²) in [4.78, 5) is 24.9. The van der Waals surface area contributed by atoms with Gasteiger partial charge >= 0.3 is 0 Å². The van der Waals surface area contributed by atoms with Gasteiger partial charge < -0.3 is 0 Å². The van der Waals surface area contributed by atoms with Crippen LogP contribution in [0.25, 0.3) is 0 Å². The Morgan fingerprint density at radius 3 is 2.80 bits per heavy atom. The standard InChI is InChI=1S/C8H12INO2S3/c1-3-5(2)10-7(11)4-6(8(10)12)13-15-14-9/h5-6H,3-4H2,1-2H3. The Hall–Kier alpha value is 0.920. The smallest absolute Gasteiger partial charge is 0.243 e. The van der Waals surface area contributed by atoms with Crippen LogP contribution in [0.3, 0.4) is 0 Å². The Balaban J connectivity index is 2.62. The van der Waals surface area contributed by atoms with Crippen LogP contribution in [0.5, 0.6) is 0 Å². The monoisotopic (exact) mass is 377 g/mol. The Labute approximate surface area is 113 Å². The van der Waals surface area contributed by atoms with Gasteiger partial charge in [0.1, 0.15) is 5.25 Å². The van der Waals surface area contributed by atoms with Crippen molar-refractivity contribution in [3.8, 4) is 0 Å². The summed E-state index contributed by atoms with van der Waals surface area (Å²) >= 11 is 2.16. The summed E-state index contributed by atoms with van der Waals surface area (Å²) in [7, 11) is 4.62. The summed E-state index contributed by atoms with van der Waals surface area (Å²) in [5, 5.41) is -0.182. The quantitative estimate of drug-likeness (QED) is 0.418. The number of carbonyl (C=O) groups excluding carboxylic acids is 2. The van der Waals surface area contributed by atoms with E-state index in [1.807, 2.05) is 13.8 Å². The van der Waals surface area contributed by atoms with Gasteiger partial charge in [0.15, 0.2) is 0 Å². The average Bonchev–Trinajstić information content (AvgIpc) is 2.50. The summed E-state index contributed by atoms with van der Waals surface area (Å²) in [6.07, 6.45) is 1.18. The van der Waals surface area contributed by atoms with Crippen molar-refractivity contribution in [1.29, 1.82) is 0 Å². The van der Waals surface area contributed by atoms with Gasteiger partial charge in [-0.15, -0.1) is 0 Å². The molecule has 1 rings (SSSR count). The van der Waals surface area contributed by atoms with Crippen molar-refractivity contribution >= 4 is 61.6 Å². The van der Waals surface area contributed by atoms with Crippen LogP contribution in [0.2, 0.25) is 0 Å². The largest absolute Gasteiger partial charge is 0.279 e. The molecule has 0 saturated carbocycles. The van der Waals surface area contributed by atoms with Crippen molar-refractivity contribution in [1.82, 2.24) is 4.90 Å². The van der Waals surface area contributed by atoms with Crippen LogP contribution in [0, 0.1) is 0 Å². The summed E-state index contributed by atoms with van der Waals surface area (Å²) < 4.78 is 0. The molecule has 1 heterocycles. The molecule has 0 aromatic heterocycles. The van der Waals surface area contributed by atoms with E-state index in [2.05, 4.69) is 21.2 Å². The number of rotatable bonds is 5. The number of hydrogen-bond donors (Lipinski definition) is 0. The van der Waals surface area contributed by atoms with E-state index in [0.29, 0.717) is 6.42 Å². The van der Waals surface area contributed by atoms with Gasteiger partial charge in [-0.3, -0.25) is 14.5 Å². The van der Waals surface area contributed by atoms with Crippen LogP contribution < -0.4 is 0 Å². The predicted molar refractivity (Wildman–Crippen MR) is 76.8 cm³/mol. The molecule has 0 N–H and O–H groups in total. The number of likely N-dealkylation sites (tertiary alicyclic amines) is 1. The van der Waals surface area contributed by atoms with Crippen molar-refractivity contribution < 1.29 is 9.59 Å². The molecule has 0 aliphatic carbocycles. The van der Waals surface area contributed by atoms with Gasteiger partial charge in [-0.1, -0.05) is 17.7 Å². The third kappa shape index (κ3) is 3.44. The zero-order valence-electron chi connectivity index (χ0n) is 8.44. The maximum Gasteiger partial charge on any atom is 0.243 e. The molecule has 1 aliphatic heterocycles. The molecule has 0 radical (unpaired) electrons. The van der Waals surface area contributed by atoms with E-state index in [9.17, 15) is 9.59 Å². The molecule has 2 atom stereocenters. The second-order valence-corrected chi connectivity index (χ2v) is 10.1. The van der Waals surface area contributed by atoms with Gasteiger partial charge in [-0.05, 0) is 31.1 Å². The molecule has 86 valence electrons. The minimum atomic E-state index is -0.182. The third-order valence-corrected chi connectivity index (χ3v) is 9.31. The van der Waals surface area contributed by atoms with Gasteiger partial charge in [-0.25, -0.2) is 0 Å². The molecule has 15 heavy (non-hydrogen) atoms. The highest BCUT2D eigenvalue weighted by molar-refractivity contribution is 14.2.